The van der Waals surface area contributed by atoms with E-state index in [1.807, 2.05) is 0 Å². The van der Waals surface area contributed by atoms with Gasteiger partial charge in [-0.15, -0.1) is 10.2 Å². The van der Waals surface area contributed by atoms with Crippen LogP contribution in [0.25, 0.3) is 11.3 Å². The molecule has 0 atom stereocenters. The van der Waals surface area contributed by atoms with Crippen LogP contribution in [0.5, 0.6) is 5.88 Å². The Balaban J connectivity index is 1.53. The number of rotatable bonds is 7. The Bertz CT molecular complexity index is 1010. The molecule has 0 aliphatic carbocycles. The van der Waals surface area contributed by atoms with Crippen molar-refractivity contribution in [3.05, 3.63) is 72.3 Å². The lowest BCUT2D eigenvalue weighted by molar-refractivity contribution is 0.307. The molecule has 140 valence electrons. The van der Waals surface area contributed by atoms with Crippen molar-refractivity contribution >= 4 is 10.0 Å². The highest BCUT2D eigenvalue weighted by Crippen LogP contribution is 2.18. The summed E-state index contributed by atoms with van der Waals surface area (Å²) >= 11 is 0. The van der Waals surface area contributed by atoms with E-state index in [4.69, 9.17) is 4.74 Å². The van der Waals surface area contributed by atoms with Gasteiger partial charge in [0.1, 0.15) is 23.1 Å². The minimum atomic E-state index is -3.96. The predicted molar refractivity (Wildman–Crippen MR) is 94.5 cm³/mol. The molecule has 2 aromatic carbocycles. The molecule has 0 spiro atoms. The molecule has 0 radical (unpaired) electrons. The van der Waals surface area contributed by atoms with E-state index in [0.717, 1.165) is 6.07 Å². The molecular formula is C18H15F2N3O3S. The van der Waals surface area contributed by atoms with Crippen molar-refractivity contribution in [2.75, 3.05) is 13.2 Å². The first-order valence-electron chi connectivity index (χ1n) is 7.92. The van der Waals surface area contributed by atoms with Gasteiger partial charge in [0.15, 0.2) is 0 Å². The summed E-state index contributed by atoms with van der Waals surface area (Å²) in [5, 5.41) is 7.86. The Labute approximate surface area is 154 Å². The van der Waals surface area contributed by atoms with Crippen molar-refractivity contribution in [3.63, 3.8) is 0 Å². The molecule has 0 fully saturated rings. The molecule has 27 heavy (non-hydrogen) atoms. The molecule has 9 heteroatoms. The molecule has 3 rings (SSSR count). The van der Waals surface area contributed by atoms with Crippen LogP contribution in [-0.4, -0.2) is 31.8 Å². The molecule has 1 heterocycles. The van der Waals surface area contributed by atoms with Gasteiger partial charge >= 0.3 is 0 Å². The molecule has 0 saturated heterocycles. The topological polar surface area (TPSA) is 81.2 Å². The number of nitrogens with one attached hydrogen (secondary N) is 1. The Kier molecular flexibility index (Phi) is 5.72. The van der Waals surface area contributed by atoms with Crippen molar-refractivity contribution in [2.45, 2.75) is 4.90 Å². The van der Waals surface area contributed by atoms with Gasteiger partial charge in [0.2, 0.25) is 15.9 Å². The van der Waals surface area contributed by atoms with Crippen molar-refractivity contribution in [3.8, 4) is 17.1 Å². The van der Waals surface area contributed by atoms with Gasteiger partial charge in [-0.2, -0.15) is 0 Å². The second-order valence-electron chi connectivity index (χ2n) is 5.44. The number of aromatic nitrogens is 2. The predicted octanol–water partition coefficient (Wildman–Crippen LogP) is 2.78. The lowest BCUT2D eigenvalue weighted by atomic mass is 10.1. The first-order chi connectivity index (χ1) is 13.0. The van der Waals surface area contributed by atoms with Gasteiger partial charge in [-0.05, 0) is 42.5 Å². The van der Waals surface area contributed by atoms with E-state index in [2.05, 4.69) is 14.9 Å². The number of ether oxygens (including phenoxy) is 1. The van der Waals surface area contributed by atoms with Crippen LogP contribution in [0.4, 0.5) is 8.78 Å². The van der Waals surface area contributed by atoms with Gasteiger partial charge in [-0.3, -0.25) is 0 Å². The van der Waals surface area contributed by atoms with E-state index < -0.39 is 20.7 Å². The van der Waals surface area contributed by atoms with Crippen LogP contribution >= 0.6 is 0 Å². The van der Waals surface area contributed by atoms with Crippen LogP contribution in [0.1, 0.15) is 0 Å². The maximum Gasteiger partial charge on any atom is 0.243 e. The smallest absolute Gasteiger partial charge is 0.243 e. The minimum Gasteiger partial charge on any atom is -0.475 e. The normalized spacial score (nSPS) is 11.3. The third-order valence-corrected chi connectivity index (χ3v) is 5.04. The highest BCUT2D eigenvalue weighted by molar-refractivity contribution is 7.89. The number of halogens is 2. The fraction of sp³-hybridized carbons (Fsp3) is 0.111. The molecule has 3 aromatic rings. The fourth-order valence-electron chi connectivity index (χ4n) is 2.24. The second-order valence-corrected chi connectivity index (χ2v) is 7.18. The van der Waals surface area contributed by atoms with E-state index >= 15 is 0 Å². The Morgan fingerprint density at radius 3 is 2.33 bits per heavy atom. The largest absolute Gasteiger partial charge is 0.475 e. The van der Waals surface area contributed by atoms with Crippen molar-refractivity contribution in [2.24, 2.45) is 0 Å². The Hall–Kier alpha value is -2.91. The molecule has 0 aliphatic rings. The molecular weight excluding hydrogens is 376 g/mol. The average molecular weight is 391 g/mol. The lowest BCUT2D eigenvalue weighted by Gasteiger charge is -2.08. The van der Waals surface area contributed by atoms with Gasteiger partial charge in [0.25, 0.3) is 0 Å². The maximum absolute atomic E-state index is 13.6. The van der Waals surface area contributed by atoms with E-state index in [1.54, 1.807) is 24.3 Å². The van der Waals surface area contributed by atoms with Crippen LogP contribution < -0.4 is 9.46 Å². The maximum atomic E-state index is 13.6. The molecule has 0 saturated carbocycles. The summed E-state index contributed by atoms with van der Waals surface area (Å²) in [7, 11) is -3.96. The summed E-state index contributed by atoms with van der Waals surface area (Å²) < 4.78 is 58.1. The summed E-state index contributed by atoms with van der Waals surface area (Å²) in [6, 6.07) is 14.1. The quantitative estimate of drug-likeness (QED) is 0.627. The molecule has 1 N–H and O–H groups in total. The van der Waals surface area contributed by atoms with Crippen LogP contribution in [0.15, 0.2) is 65.6 Å². The molecule has 1 aromatic heterocycles. The first-order valence-corrected chi connectivity index (χ1v) is 9.41. The molecule has 6 nitrogen and oxygen atoms in total. The van der Waals surface area contributed by atoms with E-state index in [9.17, 15) is 17.2 Å². The summed E-state index contributed by atoms with van der Waals surface area (Å²) in [5.41, 5.74) is 1.25. The van der Waals surface area contributed by atoms with Gasteiger partial charge < -0.3 is 4.74 Å². The number of hydrogen-bond acceptors (Lipinski definition) is 5. The van der Waals surface area contributed by atoms with E-state index in [1.165, 1.54) is 30.3 Å². The lowest BCUT2D eigenvalue weighted by Crippen LogP contribution is -2.29. The molecule has 0 unspecified atom stereocenters. The Morgan fingerprint density at radius 2 is 1.67 bits per heavy atom. The minimum absolute atomic E-state index is 0.0156. The summed E-state index contributed by atoms with van der Waals surface area (Å²) in [5.74, 6) is -0.969. The SMILES string of the molecule is O=S(=O)(NCCOc1ccc(-c2ccc(F)cc2)nn1)c1ccccc1F. The number of hydrogen-bond donors (Lipinski definition) is 1. The zero-order valence-corrected chi connectivity index (χ0v) is 14.8. The monoisotopic (exact) mass is 391 g/mol. The van der Waals surface area contributed by atoms with Crippen LogP contribution in [-0.2, 0) is 10.0 Å². The third-order valence-electron chi connectivity index (χ3n) is 3.55. The highest BCUT2D eigenvalue weighted by atomic mass is 32.2. The zero-order chi connectivity index (χ0) is 19.3. The summed E-state index contributed by atoms with van der Waals surface area (Å²) in [4.78, 5) is -0.423. The van der Waals surface area contributed by atoms with Crippen molar-refractivity contribution in [1.82, 2.24) is 14.9 Å². The van der Waals surface area contributed by atoms with E-state index in [-0.39, 0.29) is 24.8 Å². The van der Waals surface area contributed by atoms with Crippen molar-refractivity contribution in [1.29, 1.82) is 0 Å². The van der Waals surface area contributed by atoms with E-state index in [0.29, 0.717) is 11.3 Å². The van der Waals surface area contributed by atoms with Crippen molar-refractivity contribution < 1.29 is 21.9 Å². The van der Waals surface area contributed by atoms with Gasteiger partial charge in [0, 0.05) is 18.2 Å². The zero-order valence-electron chi connectivity index (χ0n) is 14.0. The van der Waals surface area contributed by atoms with Gasteiger partial charge in [-0.1, -0.05) is 12.1 Å². The fourth-order valence-corrected chi connectivity index (χ4v) is 3.33. The number of sulfonamides is 1. The molecule has 0 aliphatic heterocycles. The average Bonchev–Trinajstić information content (AvgIpc) is 2.67. The Morgan fingerprint density at radius 1 is 0.926 bits per heavy atom. The standard InChI is InChI=1S/C18H15F2N3O3S/c19-14-7-5-13(6-8-14)16-9-10-18(23-22-16)26-12-11-21-27(24,25)17-4-2-1-3-15(17)20/h1-10,21H,11-12H2. The van der Waals surface area contributed by atoms with Crippen LogP contribution in [0, 0.1) is 11.6 Å². The highest BCUT2D eigenvalue weighted by Gasteiger charge is 2.17. The molecule has 0 bridgehead atoms. The van der Waals surface area contributed by atoms with Gasteiger partial charge in [0.05, 0.1) is 5.69 Å². The number of nitrogens with zero attached hydrogens (tertiary/aromatic N) is 2. The number of benzene rings is 2. The summed E-state index contributed by atoms with van der Waals surface area (Å²) in [6.07, 6.45) is 0. The van der Waals surface area contributed by atoms with Crippen LogP contribution in [0.2, 0.25) is 0 Å². The third kappa shape index (κ3) is 4.83. The second kappa shape index (κ2) is 8.19. The first kappa shape index (κ1) is 18.9. The summed E-state index contributed by atoms with van der Waals surface area (Å²) in [6.45, 7) is -0.0870. The van der Waals surface area contributed by atoms with Crippen LogP contribution in [0.3, 0.4) is 0 Å². The van der Waals surface area contributed by atoms with Gasteiger partial charge in [-0.25, -0.2) is 21.9 Å². The molecule has 0 amide bonds.